The monoisotopic (exact) mass is 277 g/mol. The Morgan fingerprint density at radius 2 is 2.28 bits per heavy atom. The van der Waals surface area contributed by atoms with Gasteiger partial charge in [0, 0.05) is 12.7 Å². The maximum absolute atomic E-state index is 11.7. The molecule has 1 aromatic heterocycles. The zero-order valence-electron chi connectivity index (χ0n) is 9.78. The number of carboxylic acid groups (broad SMARTS) is 1. The first-order chi connectivity index (χ1) is 8.31. The molecule has 0 aliphatic heterocycles. The number of aliphatic hydroxyl groups excluding tert-OH is 1. The molecule has 0 fully saturated rings. The molecule has 18 heavy (non-hydrogen) atoms. The van der Waals surface area contributed by atoms with Crippen LogP contribution in [0.3, 0.4) is 0 Å². The molecule has 102 valence electrons. The standard InChI is InChI=1S/C9H15N3O5S/c1-7(13)4-11-18(16,17)8-5-10-12(6-8)3-2-9(14)15/h5-7,11,13H,2-4H2,1H3,(H,14,15). The topological polar surface area (TPSA) is 122 Å². The smallest absolute Gasteiger partial charge is 0.305 e. The van der Waals surface area contributed by atoms with Crippen molar-refractivity contribution in [2.75, 3.05) is 6.54 Å². The predicted molar refractivity (Wildman–Crippen MR) is 61.3 cm³/mol. The van der Waals surface area contributed by atoms with Crippen molar-refractivity contribution in [2.24, 2.45) is 0 Å². The summed E-state index contributed by atoms with van der Waals surface area (Å²) in [7, 11) is -3.71. The van der Waals surface area contributed by atoms with Gasteiger partial charge in [0.05, 0.1) is 25.3 Å². The van der Waals surface area contributed by atoms with Crippen LogP contribution < -0.4 is 4.72 Å². The van der Waals surface area contributed by atoms with Crippen molar-refractivity contribution in [1.82, 2.24) is 14.5 Å². The molecule has 0 spiro atoms. The zero-order valence-corrected chi connectivity index (χ0v) is 10.6. The number of sulfonamides is 1. The highest BCUT2D eigenvalue weighted by molar-refractivity contribution is 7.89. The van der Waals surface area contributed by atoms with Crippen molar-refractivity contribution >= 4 is 16.0 Å². The molecule has 3 N–H and O–H groups in total. The molecule has 1 aromatic rings. The number of carbonyl (C=O) groups is 1. The second-order valence-corrected chi connectivity index (χ2v) is 5.55. The summed E-state index contributed by atoms with van der Waals surface area (Å²) in [5.74, 6) is -0.984. The van der Waals surface area contributed by atoms with E-state index < -0.39 is 22.1 Å². The molecular formula is C9H15N3O5S. The first-order valence-electron chi connectivity index (χ1n) is 5.23. The number of nitrogens with zero attached hydrogens (tertiary/aromatic N) is 2. The van der Waals surface area contributed by atoms with Gasteiger partial charge in [-0.25, -0.2) is 13.1 Å². The van der Waals surface area contributed by atoms with Crippen LogP contribution in [-0.4, -0.2) is 47.0 Å². The molecule has 8 nitrogen and oxygen atoms in total. The van der Waals surface area contributed by atoms with E-state index in [-0.39, 0.29) is 24.4 Å². The fourth-order valence-corrected chi connectivity index (χ4v) is 2.20. The minimum atomic E-state index is -3.71. The van der Waals surface area contributed by atoms with Gasteiger partial charge in [-0.05, 0) is 6.92 Å². The highest BCUT2D eigenvalue weighted by Gasteiger charge is 2.16. The third-order valence-corrected chi connectivity index (χ3v) is 3.42. The Morgan fingerprint density at radius 3 is 2.83 bits per heavy atom. The van der Waals surface area contributed by atoms with E-state index in [0.29, 0.717) is 0 Å². The summed E-state index contributed by atoms with van der Waals surface area (Å²) in [6.07, 6.45) is 1.45. The largest absolute Gasteiger partial charge is 0.481 e. The lowest BCUT2D eigenvalue weighted by Crippen LogP contribution is -2.30. The van der Waals surface area contributed by atoms with Crippen molar-refractivity contribution in [3.8, 4) is 0 Å². The highest BCUT2D eigenvalue weighted by Crippen LogP contribution is 2.07. The first-order valence-corrected chi connectivity index (χ1v) is 6.71. The summed E-state index contributed by atoms with van der Waals surface area (Å²) >= 11 is 0. The summed E-state index contributed by atoms with van der Waals surface area (Å²) in [5, 5.41) is 21.2. The normalized spacial score (nSPS) is 13.4. The lowest BCUT2D eigenvalue weighted by Gasteiger charge is -2.06. The molecule has 0 aliphatic rings. The number of carboxylic acids is 1. The number of aromatic nitrogens is 2. The molecule has 1 heterocycles. The van der Waals surface area contributed by atoms with Gasteiger partial charge in [-0.15, -0.1) is 0 Å². The summed E-state index contributed by atoms with van der Waals surface area (Å²) < 4.78 is 26.8. The second-order valence-electron chi connectivity index (χ2n) is 3.78. The van der Waals surface area contributed by atoms with Crippen molar-refractivity contribution in [3.05, 3.63) is 12.4 Å². The summed E-state index contributed by atoms with van der Waals surface area (Å²) in [4.78, 5) is 10.3. The average Bonchev–Trinajstić information content (AvgIpc) is 2.73. The molecule has 1 atom stereocenters. The van der Waals surface area contributed by atoms with Crippen LogP contribution in [0.5, 0.6) is 0 Å². The fourth-order valence-electron chi connectivity index (χ4n) is 1.13. The summed E-state index contributed by atoms with van der Waals surface area (Å²) in [5.41, 5.74) is 0. The Labute approximate surface area is 104 Å². The lowest BCUT2D eigenvalue weighted by atomic mass is 10.4. The molecular weight excluding hydrogens is 262 g/mol. The number of hydrogen-bond acceptors (Lipinski definition) is 5. The van der Waals surface area contributed by atoms with Crippen LogP contribution in [0.1, 0.15) is 13.3 Å². The number of aliphatic hydroxyl groups is 1. The Kier molecular flexibility index (Phi) is 4.82. The van der Waals surface area contributed by atoms with Crippen molar-refractivity contribution in [1.29, 1.82) is 0 Å². The molecule has 0 saturated heterocycles. The quantitative estimate of drug-likeness (QED) is 0.588. The number of aliphatic carboxylic acids is 1. The molecule has 0 bridgehead atoms. The SMILES string of the molecule is CC(O)CNS(=O)(=O)c1cnn(CCC(=O)O)c1. The Hall–Kier alpha value is -1.45. The third kappa shape index (κ3) is 4.43. The Bertz CT molecular complexity index is 508. The molecule has 0 amide bonds. The van der Waals surface area contributed by atoms with Gasteiger partial charge in [-0.1, -0.05) is 0 Å². The fraction of sp³-hybridized carbons (Fsp3) is 0.556. The summed E-state index contributed by atoms with van der Waals surface area (Å²) in [6.45, 7) is 1.46. The van der Waals surface area contributed by atoms with E-state index in [2.05, 4.69) is 9.82 Å². The van der Waals surface area contributed by atoms with Gasteiger partial charge in [0.15, 0.2) is 0 Å². The van der Waals surface area contributed by atoms with Gasteiger partial charge in [0.1, 0.15) is 4.90 Å². The van der Waals surface area contributed by atoms with Gasteiger partial charge in [0.25, 0.3) is 0 Å². The highest BCUT2D eigenvalue weighted by atomic mass is 32.2. The van der Waals surface area contributed by atoms with Gasteiger partial charge < -0.3 is 10.2 Å². The molecule has 1 unspecified atom stereocenters. The minimum absolute atomic E-state index is 0.0615. The number of rotatable bonds is 7. The van der Waals surface area contributed by atoms with Gasteiger partial charge in [-0.2, -0.15) is 5.10 Å². The van der Waals surface area contributed by atoms with Crippen LogP contribution in [-0.2, 0) is 21.4 Å². The van der Waals surface area contributed by atoms with Crippen LogP contribution in [0.2, 0.25) is 0 Å². The van der Waals surface area contributed by atoms with Crippen LogP contribution in [0.15, 0.2) is 17.3 Å². The van der Waals surface area contributed by atoms with Crippen molar-refractivity contribution in [2.45, 2.75) is 30.9 Å². The van der Waals surface area contributed by atoms with E-state index >= 15 is 0 Å². The number of aryl methyl sites for hydroxylation is 1. The van der Waals surface area contributed by atoms with Gasteiger partial charge >= 0.3 is 5.97 Å². The Balaban J connectivity index is 2.69. The number of nitrogens with one attached hydrogen (secondary N) is 1. The van der Waals surface area contributed by atoms with Gasteiger partial charge in [-0.3, -0.25) is 9.48 Å². The third-order valence-electron chi connectivity index (χ3n) is 2.04. The van der Waals surface area contributed by atoms with Crippen LogP contribution in [0.4, 0.5) is 0 Å². The van der Waals surface area contributed by atoms with E-state index in [1.165, 1.54) is 17.8 Å². The molecule has 0 aromatic carbocycles. The maximum Gasteiger partial charge on any atom is 0.305 e. The van der Waals surface area contributed by atoms with Crippen LogP contribution in [0.25, 0.3) is 0 Å². The first kappa shape index (κ1) is 14.6. The predicted octanol–water partition coefficient (Wildman–Crippen LogP) is -0.983. The van der Waals surface area contributed by atoms with E-state index in [9.17, 15) is 13.2 Å². The lowest BCUT2D eigenvalue weighted by molar-refractivity contribution is -0.137. The van der Waals surface area contributed by atoms with Crippen molar-refractivity contribution < 1.29 is 23.4 Å². The maximum atomic E-state index is 11.7. The van der Waals surface area contributed by atoms with Crippen LogP contribution in [0, 0.1) is 0 Å². The molecule has 9 heteroatoms. The molecule has 0 aliphatic carbocycles. The molecule has 0 radical (unpaired) electrons. The van der Waals surface area contributed by atoms with E-state index in [0.717, 1.165) is 6.20 Å². The minimum Gasteiger partial charge on any atom is -0.481 e. The zero-order chi connectivity index (χ0) is 13.8. The Morgan fingerprint density at radius 1 is 1.61 bits per heavy atom. The molecule has 0 saturated carbocycles. The van der Waals surface area contributed by atoms with E-state index in [1.807, 2.05) is 0 Å². The van der Waals surface area contributed by atoms with E-state index in [1.54, 1.807) is 0 Å². The number of hydrogen-bond donors (Lipinski definition) is 3. The van der Waals surface area contributed by atoms with E-state index in [4.69, 9.17) is 10.2 Å². The van der Waals surface area contributed by atoms with Crippen molar-refractivity contribution in [3.63, 3.8) is 0 Å². The second kappa shape index (κ2) is 5.94. The molecule has 1 rings (SSSR count). The van der Waals surface area contributed by atoms with Gasteiger partial charge in [0.2, 0.25) is 10.0 Å². The van der Waals surface area contributed by atoms with Crippen LogP contribution >= 0.6 is 0 Å². The summed E-state index contributed by atoms with van der Waals surface area (Å²) in [6, 6.07) is 0. The average molecular weight is 277 g/mol.